The van der Waals surface area contributed by atoms with Crippen molar-refractivity contribution in [2.45, 2.75) is 25.4 Å². The molecule has 1 fully saturated rings. The average Bonchev–Trinajstić information content (AvgIpc) is 2.82. The van der Waals surface area contributed by atoms with E-state index >= 15 is 0 Å². The zero-order valence-electron chi connectivity index (χ0n) is 11.2. The Morgan fingerprint density at radius 1 is 1.26 bits per heavy atom. The van der Waals surface area contributed by atoms with Gasteiger partial charge in [0, 0.05) is 13.5 Å². The second-order valence-electron chi connectivity index (χ2n) is 5.02. The molecule has 1 aromatic rings. The summed E-state index contributed by atoms with van der Waals surface area (Å²) in [5.74, 6) is 0.596. The van der Waals surface area contributed by atoms with E-state index in [1.165, 1.54) is 4.90 Å². The molecule has 0 saturated carbocycles. The standard InChI is InChI=1S/C14H16N2O3/c1-8-13(17)16-10(14(18)15(8)2)7-9-5-4-6-11(19-3)12(9)16/h4-6,8,10H,7H2,1-3H3. The van der Waals surface area contributed by atoms with E-state index in [4.69, 9.17) is 4.74 Å². The molecule has 0 aromatic heterocycles. The highest BCUT2D eigenvalue weighted by atomic mass is 16.5. The fraction of sp³-hybridized carbons (Fsp3) is 0.429. The van der Waals surface area contributed by atoms with Gasteiger partial charge in [-0.05, 0) is 18.6 Å². The van der Waals surface area contributed by atoms with Crippen molar-refractivity contribution < 1.29 is 14.3 Å². The molecule has 2 heterocycles. The highest BCUT2D eigenvalue weighted by Crippen LogP contribution is 2.42. The summed E-state index contributed by atoms with van der Waals surface area (Å²) < 4.78 is 5.33. The summed E-state index contributed by atoms with van der Waals surface area (Å²) in [5, 5.41) is 0. The number of para-hydroxylation sites is 1. The maximum absolute atomic E-state index is 12.5. The van der Waals surface area contributed by atoms with Crippen LogP contribution in [-0.2, 0) is 16.0 Å². The molecule has 2 aliphatic rings. The number of ether oxygens (including phenoxy) is 1. The molecule has 0 aliphatic carbocycles. The van der Waals surface area contributed by atoms with Crippen molar-refractivity contribution in [3.05, 3.63) is 23.8 Å². The highest BCUT2D eigenvalue weighted by molar-refractivity contribution is 6.11. The SMILES string of the molecule is COc1cccc2c1N1C(=O)C(C)N(C)C(=O)C1C2. The second kappa shape index (κ2) is 3.98. The van der Waals surface area contributed by atoms with Gasteiger partial charge in [-0.2, -0.15) is 0 Å². The Morgan fingerprint density at radius 3 is 2.68 bits per heavy atom. The molecule has 19 heavy (non-hydrogen) atoms. The van der Waals surface area contributed by atoms with E-state index in [9.17, 15) is 9.59 Å². The van der Waals surface area contributed by atoms with Gasteiger partial charge in [0.15, 0.2) is 0 Å². The minimum absolute atomic E-state index is 0.00893. The first kappa shape index (κ1) is 12.0. The van der Waals surface area contributed by atoms with Crippen molar-refractivity contribution in [1.29, 1.82) is 0 Å². The predicted molar refractivity (Wildman–Crippen MR) is 70.2 cm³/mol. The van der Waals surface area contributed by atoms with Gasteiger partial charge in [0.2, 0.25) is 11.8 Å². The molecular formula is C14H16N2O3. The molecular weight excluding hydrogens is 244 g/mol. The molecule has 2 aliphatic heterocycles. The third kappa shape index (κ3) is 1.47. The predicted octanol–water partition coefficient (Wildman–Crippen LogP) is 0.813. The van der Waals surface area contributed by atoms with Gasteiger partial charge in [-0.1, -0.05) is 12.1 Å². The van der Waals surface area contributed by atoms with Crippen LogP contribution in [0, 0.1) is 0 Å². The topological polar surface area (TPSA) is 49.9 Å². The van der Waals surface area contributed by atoms with Gasteiger partial charge in [0.25, 0.3) is 0 Å². The summed E-state index contributed by atoms with van der Waals surface area (Å²) in [6, 6.07) is 4.81. The van der Waals surface area contributed by atoms with Crippen LogP contribution in [0.3, 0.4) is 0 Å². The molecule has 2 amide bonds. The van der Waals surface area contributed by atoms with Gasteiger partial charge in [-0.25, -0.2) is 0 Å². The number of hydrogen-bond donors (Lipinski definition) is 0. The van der Waals surface area contributed by atoms with Crippen molar-refractivity contribution in [1.82, 2.24) is 4.90 Å². The van der Waals surface area contributed by atoms with Gasteiger partial charge in [0.1, 0.15) is 17.8 Å². The van der Waals surface area contributed by atoms with Crippen molar-refractivity contribution in [2.24, 2.45) is 0 Å². The number of nitrogens with zero attached hydrogens (tertiary/aromatic N) is 2. The van der Waals surface area contributed by atoms with Gasteiger partial charge < -0.3 is 9.64 Å². The number of piperazine rings is 1. The first-order valence-corrected chi connectivity index (χ1v) is 6.32. The number of amides is 2. The zero-order valence-corrected chi connectivity index (χ0v) is 11.2. The Hall–Kier alpha value is -2.04. The Labute approximate surface area is 111 Å². The molecule has 5 heteroatoms. The summed E-state index contributed by atoms with van der Waals surface area (Å²) >= 11 is 0. The van der Waals surface area contributed by atoms with E-state index in [-0.39, 0.29) is 11.8 Å². The maximum atomic E-state index is 12.5. The van der Waals surface area contributed by atoms with E-state index in [1.54, 1.807) is 26.0 Å². The third-order valence-corrected chi connectivity index (χ3v) is 4.08. The van der Waals surface area contributed by atoms with E-state index in [0.717, 1.165) is 11.3 Å². The first-order valence-electron chi connectivity index (χ1n) is 6.32. The number of carbonyl (C=O) groups is 2. The van der Waals surface area contributed by atoms with Crippen LogP contribution >= 0.6 is 0 Å². The lowest BCUT2D eigenvalue weighted by Gasteiger charge is -2.39. The molecule has 5 nitrogen and oxygen atoms in total. The Balaban J connectivity index is 2.14. The van der Waals surface area contributed by atoms with Crippen LogP contribution in [0.1, 0.15) is 12.5 Å². The maximum Gasteiger partial charge on any atom is 0.250 e. The van der Waals surface area contributed by atoms with Crippen molar-refractivity contribution in [2.75, 3.05) is 19.1 Å². The summed E-state index contributed by atoms with van der Waals surface area (Å²) in [7, 11) is 3.26. The zero-order chi connectivity index (χ0) is 13.7. The van der Waals surface area contributed by atoms with Crippen LogP contribution in [0.2, 0.25) is 0 Å². The van der Waals surface area contributed by atoms with Crippen LogP contribution in [0.5, 0.6) is 5.75 Å². The van der Waals surface area contributed by atoms with E-state index < -0.39 is 12.1 Å². The molecule has 1 aromatic carbocycles. The van der Waals surface area contributed by atoms with Gasteiger partial charge in [0.05, 0.1) is 12.8 Å². The van der Waals surface area contributed by atoms with Gasteiger partial charge in [-0.3, -0.25) is 14.5 Å². The molecule has 1 saturated heterocycles. The van der Waals surface area contributed by atoms with Crippen LogP contribution in [0.4, 0.5) is 5.69 Å². The molecule has 0 N–H and O–H groups in total. The first-order chi connectivity index (χ1) is 9.06. The molecule has 2 atom stereocenters. The fourth-order valence-corrected chi connectivity index (χ4v) is 2.88. The lowest BCUT2D eigenvalue weighted by Crippen LogP contribution is -2.61. The van der Waals surface area contributed by atoms with E-state index in [0.29, 0.717) is 12.2 Å². The third-order valence-electron chi connectivity index (χ3n) is 4.08. The number of likely N-dealkylation sites (N-methyl/N-ethyl adjacent to an activating group) is 1. The second-order valence-corrected chi connectivity index (χ2v) is 5.02. The lowest BCUT2D eigenvalue weighted by atomic mass is 10.1. The Morgan fingerprint density at radius 2 is 2.00 bits per heavy atom. The summed E-state index contributed by atoms with van der Waals surface area (Å²) in [6.07, 6.45) is 0.564. The van der Waals surface area contributed by atoms with Gasteiger partial charge >= 0.3 is 0 Å². The molecule has 2 unspecified atom stereocenters. The number of fused-ring (bicyclic) bond motifs is 3. The molecule has 3 rings (SSSR count). The molecule has 0 bridgehead atoms. The van der Waals surface area contributed by atoms with Crippen LogP contribution in [0.15, 0.2) is 18.2 Å². The number of carbonyl (C=O) groups excluding carboxylic acids is 2. The largest absolute Gasteiger partial charge is 0.495 e. The number of anilines is 1. The molecule has 100 valence electrons. The van der Waals surface area contributed by atoms with Crippen molar-refractivity contribution in [3.63, 3.8) is 0 Å². The molecule has 0 spiro atoms. The Bertz CT molecular complexity index is 570. The summed E-state index contributed by atoms with van der Waals surface area (Å²) in [5.41, 5.74) is 1.75. The Kier molecular flexibility index (Phi) is 2.52. The summed E-state index contributed by atoms with van der Waals surface area (Å²) in [6.45, 7) is 1.75. The van der Waals surface area contributed by atoms with Crippen LogP contribution < -0.4 is 9.64 Å². The minimum Gasteiger partial charge on any atom is -0.495 e. The minimum atomic E-state index is -0.431. The quantitative estimate of drug-likeness (QED) is 0.751. The number of hydrogen-bond acceptors (Lipinski definition) is 3. The van der Waals surface area contributed by atoms with Crippen molar-refractivity contribution in [3.8, 4) is 5.75 Å². The van der Waals surface area contributed by atoms with E-state index in [2.05, 4.69) is 0 Å². The monoisotopic (exact) mass is 260 g/mol. The molecule has 0 radical (unpaired) electrons. The van der Waals surface area contributed by atoms with Crippen molar-refractivity contribution >= 4 is 17.5 Å². The normalized spacial score (nSPS) is 25.4. The lowest BCUT2D eigenvalue weighted by molar-refractivity contribution is -0.143. The van der Waals surface area contributed by atoms with E-state index in [1.807, 2.05) is 18.2 Å². The smallest absolute Gasteiger partial charge is 0.250 e. The fourth-order valence-electron chi connectivity index (χ4n) is 2.88. The van der Waals surface area contributed by atoms with Gasteiger partial charge in [-0.15, -0.1) is 0 Å². The van der Waals surface area contributed by atoms with Crippen LogP contribution in [0.25, 0.3) is 0 Å². The highest BCUT2D eigenvalue weighted by Gasteiger charge is 2.48. The summed E-state index contributed by atoms with van der Waals surface area (Å²) in [4.78, 5) is 27.9. The number of rotatable bonds is 1. The van der Waals surface area contributed by atoms with Crippen LogP contribution in [-0.4, -0.2) is 43.0 Å². The number of methoxy groups -OCH3 is 1. The average molecular weight is 260 g/mol. The number of benzene rings is 1.